The Bertz CT molecular complexity index is 688. The Hall–Kier alpha value is -1.79. The summed E-state index contributed by atoms with van der Waals surface area (Å²) in [5, 5.41) is 6.07. The van der Waals surface area contributed by atoms with E-state index in [1.54, 1.807) is 12.1 Å². The summed E-state index contributed by atoms with van der Waals surface area (Å²) >= 11 is 11.7. The Morgan fingerprint density at radius 3 is 2.36 bits per heavy atom. The fourth-order valence-corrected chi connectivity index (χ4v) is 3.35. The minimum atomic E-state index is -0.898. The van der Waals surface area contributed by atoms with Gasteiger partial charge in [-0.3, -0.25) is 14.5 Å². The van der Waals surface area contributed by atoms with Crippen LogP contribution in [0.2, 0.25) is 10.0 Å². The van der Waals surface area contributed by atoms with E-state index < -0.39 is 17.5 Å². The summed E-state index contributed by atoms with van der Waals surface area (Å²) in [6.45, 7) is 3.56. The molecule has 2 rings (SSSR count). The second-order valence-electron chi connectivity index (χ2n) is 6.08. The predicted octanol–water partition coefficient (Wildman–Crippen LogP) is 3.82. The number of imide groups is 1. The number of carbonyl (C=O) groups is 3. The van der Waals surface area contributed by atoms with Crippen molar-refractivity contribution in [2.45, 2.75) is 45.1 Å². The Morgan fingerprint density at radius 2 is 1.80 bits per heavy atom. The molecule has 0 radical (unpaired) electrons. The van der Waals surface area contributed by atoms with Crippen LogP contribution < -0.4 is 10.6 Å². The van der Waals surface area contributed by atoms with Crippen molar-refractivity contribution in [3.63, 3.8) is 0 Å². The van der Waals surface area contributed by atoms with Crippen LogP contribution in [0.5, 0.6) is 0 Å². The van der Waals surface area contributed by atoms with E-state index in [1.165, 1.54) is 6.07 Å². The number of nitrogens with zero attached hydrogens (tertiary/aromatic N) is 1. The van der Waals surface area contributed by atoms with Gasteiger partial charge in [0.15, 0.2) is 0 Å². The van der Waals surface area contributed by atoms with Gasteiger partial charge in [0.05, 0.1) is 10.0 Å². The summed E-state index contributed by atoms with van der Waals surface area (Å²) in [6.07, 6.45) is 2.62. The normalized spacial score (nSPS) is 16.1. The molecule has 2 N–H and O–H groups in total. The summed E-state index contributed by atoms with van der Waals surface area (Å²) in [7, 11) is 0. The molecule has 1 aromatic rings. The van der Waals surface area contributed by atoms with Crippen LogP contribution in [0.15, 0.2) is 18.2 Å². The van der Waals surface area contributed by atoms with E-state index in [2.05, 4.69) is 10.6 Å². The second-order valence-corrected chi connectivity index (χ2v) is 6.90. The van der Waals surface area contributed by atoms with Crippen LogP contribution in [-0.4, -0.2) is 34.8 Å². The molecule has 25 heavy (non-hydrogen) atoms. The van der Waals surface area contributed by atoms with Gasteiger partial charge in [0.2, 0.25) is 5.91 Å². The molecule has 1 aromatic carbocycles. The first-order chi connectivity index (χ1) is 11.8. The van der Waals surface area contributed by atoms with Gasteiger partial charge in [-0.25, -0.2) is 4.79 Å². The highest BCUT2D eigenvalue weighted by Crippen LogP contribution is 2.28. The van der Waals surface area contributed by atoms with E-state index in [0.717, 1.165) is 17.7 Å². The zero-order valence-electron chi connectivity index (χ0n) is 14.2. The Morgan fingerprint density at radius 1 is 1.16 bits per heavy atom. The molecule has 0 saturated carbocycles. The van der Waals surface area contributed by atoms with Gasteiger partial charge in [-0.15, -0.1) is 0 Å². The fourth-order valence-electron chi connectivity index (χ4n) is 3.06. The van der Waals surface area contributed by atoms with Gasteiger partial charge >= 0.3 is 6.03 Å². The molecule has 6 nitrogen and oxygen atoms in total. The Labute approximate surface area is 156 Å². The molecule has 0 atom stereocenters. The monoisotopic (exact) mass is 385 g/mol. The number of urea groups is 1. The summed E-state index contributed by atoms with van der Waals surface area (Å²) in [4.78, 5) is 38.1. The quantitative estimate of drug-likeness (QED) is 0.700. The van der Waals surface area contributed by atoms with Gasteiger partial charge in [-0.05, 0) is 31.0 Å². The number of hydrogen-bond acceptors (Lipinski definition) is 3. The first-order valence-corrected chi connectivity index (χ1v) is 8.97. The third-order valence-electron chi connectivity index (χ3n) is 4.10. The van der Waals surface area contributed by atoms with E-state index in [1.807, 2.05) is 13.8 Å². The number of halogens is 2. The maximum absolute atomic E-state index is 12.7. The SMILES string of the molecule is CCCC1(CCC)NC(=O)N(CC(=O)Nc2ccc(Cl)c(Cl)c2)C1=O. The van der Waals surface area contributed by atoms with Crippen LogP contribution in [0, 0.1) is 0 Å². The number of amides is 4. The van der Waals surface area contributed by atoms with Crippen molar-refractivity contribution in [3.8, 4) is 0 Å². The lowest BCUT2D eigenvalue weighted by atomic mass is 9.88. The molecule has 4 amide bonds. The highest BCUT2D eigenvalue weighted by molar-refractivity contribution is 6.42. The highest BCUT2D eigenvalue weighted by atomic mass is 35.5. The maximum atomic E-state index is 12.7. The van der Waals surface area contributed by atoms with Crippen molar-refractivity contribution in [3.05, 3.63) is 28.2 Å². The second kappa shape index (κ2) is 8.06. The Kier molecular flexibility index (Phi) is 6.30. The molecule has 1 fully saturated rings. The van der Waals surface area contributed by atoms with Gasteiger partial charge in [-0.1, -0.05) is 49.9 Å². The van der Waals surface area contributed by atoms with Crippen LogP contribution in [0.3, 0.4) is 0 Å². The number of rotatable bonds is 7. The average molecular weight is 386 g/mol. The van der Waals surface area contributed by atoms with E-state index in [4.69, 9.17) is 23.2 Å². The Balaban J connectivity index is 2.08. The van der Waals surface area contributed by atoms with E-state index >= 15 is 0 Å². The third-order valence-corrected chi connectivity index (χ3v) is 4.84. The summed E-state index contributed by atoms with van der Waals surface area (Å²) in [5.74, 6) is -0.823. The van der Waals surface area contributed by atoms with Crippen molar-refractivity contribution < 1.29 is 14.4 Å². The van der Waals surface area contributed by atoms with Crippen molar-refractivity contribution in [1.29, 1.82) is 0 Å². The molecule has 0 spiro atoms. The van der Waals surface area contributed by atoms with Crippen molar-refractivity contribution in [2.75, 3.05) is 11.9 Å². The number of carbonyl (C=O) groups excluding carboxylic acids is 3. The standard InChI is InChI=1S/C17H21Cl2N3O3/c1-3-7-17(8-4-2)15(24)22(16(25)21-17)10-14(23)20-11-5-6-12(18)13(19)9-11/h5-6,9H,3-4,7-8,10H2,1-2H3,(H,20,23)(H,21,25). The molecule has 0 unspecified atom stereocenters. The first kappa shape index (κ1) is 19.5. The number of benzene rings is 1. The van der Waals surface area contributed by atoms with Gasteiger partial charge in [0.25, 0.3) is 5.91 Å². The maximum Gasteiger partial charge on any atom is 0.325 e. The zero-order valence-corrected chi connectivity index (χ0v) is 15.7. The van der Waals surface area contributed by atoms with Crippen LogP contribution in [0.1, 0.15) is 39.5 Å². The summed E-state index contributed by atoms with van der Waals surface area (Å²) in [5.41, 5.74) is -0.454. The van der Waals surface area contributed by atoms with Crippen molar-refractivity contribution >= 4 is 46.7 Å². The molecular formula is C17H21Cl2N3O3. The van der Waals surface area contributed by atoms with Gasteiger partial charge in [0.1, 0.15) is 12.1 Å². The number of nitrogens with one attached hydrogen (secondary N) is 2. The zero-order chi connectivity index (χ0) is 18.6. The molecule has 0 bridgehead atoms. The van der Waals surface area contributed by atoms with Gasteiger partial charge in [0, 0.05) is 5.69 Å². The lowest BCUT2D eigenvalue weighted by Gasteiger charge is -2.25. The number of anilines is 1. The van der Waals surface area contributed by atoms with Gasteiger partial charge in [-0.2, -0.15) is 0 Å². The van der Waals surface area contributed by atoms with Crippen LogP contribution >= 0.6 is 23.2 Å². The minimum Gasteiger partial charge on any atom is -0.324 e. The molecule has 1 saturated heterocycles. The smallest absolute Gasteiger partial charge is 0.324 e. The average Bonchev–Trinajstić information content (AvgIpc) is 2.76. The molecule has 0 aliphatic carbocycles. The lowest BCUT2D eigenvalue weighted by Crippen LogP contribution is -2.47. The molecule has 1 heterocycles. The van der Waals surface area contributed by atoms with Crippen LogP contribution in [0.4, 0.5) is 10.5 Å². The molecule has 0 aromatic heterocycles. The van der Waals surface area contributed by atoms with E-state index in [9.17, 15) is 14.4 Å². The number of hydrogen-bond donors (Lipinski definition) is 2. The summed E-state index contributed by atoms with van der Waals surface area (Å²) < 4.78 is 0. The van der Waals surface area contributed by atoms with Crippen LogP contribution in [0.25, 0.3) is 0 Å². The van der Waals surface area contributed by atoms with E-state index in [0.29, 0.717) is 28.6 Å². The topological polar surface area (TPSA) is 78.5 Å². The molecule has 136 valence electrons. The molecular weight excluding hydrogens is 365 g/mol. The molecule has 8 heteroatoms. The van der Waals surface area contributed by atoms with Crippen molar-refractivity contribution in [2.24, 2.45) is 0 Å². The first-order valence-electron chi connectivity index (χ1n) is 8.22. The predicted molar refractivity (Wildman–Crippen MR) is 97.9 cm³/mol. The summed E-state index contributed by atoms with van der Waals surface area (Å²) in [6, 6.07) is 4.12. The fraction of sp³-hybridized carbons (Fsp3) is 0.471. The third kappa shape index (κ3) is 4.25. The molecule has 1 aliphatic rings. The van der Waals surface area contributed by atoms with Crippen LogP contribution in [-0.2, 0) is 9.59 Å². The largest absolute Gasteiger partial charge is 0.325 e. The van der Waals surface area contributed by atoms with Crippen molar-refractivity contribution in [1.82, 2.24) is 10.2 Å². The highest BCUT2D eigenvalue weighted by Gasteiger charge is 2.50. The van der Waals surface area contributed by atoms with E-state index in [-0.39, 0.29) is 12.5 Å². The minimum absolute atomic E-state index is 0.305. The molecule has 1 aliphatic heterocycles. The lowest BCUT2D eigenvalue weighted by molar-refractivity contribution is -0.134. The van der Waals surface area contributed by atoms with Gasteiger partial charge < -0.3 is 10.6 Å².